The molecule has 0 radical (unpaired) electrons. The summed E-state index contributed by atoms with van der Waals surface area (Å²) in [6, 6.07) is 0. The Hall–Kier alpha value is -0.440. The Labute approximate surface area is 113 Å². The molecule has 3 aliphatic carbocycles. The lowest BCUT2D eigenvalue weighted by molar-refractivity contribution is -0.0650. The summed E-state index contributed by atoms with van der Waals surface area (Å²) >= 11 is 0. The standard InChI is InChI=1S/C18H28/c1-5-6-15(16-9-11(2)13(16)4)18-12(3)10-17(18)14-7-8-14/h11-18H,5-6,9-10H2,1-4H3. The van der Waals surface area contributed by atoms with Gasteiger partial charge in [0, 0.05) is 0 Å². The minimum Gasteiger partial charge on any atom is -0.0852 e. The van der Waals surface area contributed by atoms with Gasteiger partial charge in [-0.15, -0.1) is 0 Å². The molecule has 3 aliphatic rings. The van der Waals surface area contributed by atoms with Gasteiger partial charge in [0.05, 0.1) is 5.92 Å². The Bertz CT molecular complexity index is 363. The van der Waals surface area contributed by atoms with Crippen molar-refractivity contribution in [2.45, 2.75) is 53.4 Å². The van der Waals surface area contributed by atoms with E-state index in [4.69, 9.17) is 0 Å². The predicted octanol–water partition coefficient (Wildman–Crippen LogP) is 4.60. The Morgan fingerprint density at radius 3 is 2.22 bits per heavy atom. The van der Waals surface area contributed by atoms with Crippen molar-refractivity contribution in [2.24, 2.45) is 47.3 Å². The molecule has 0 aromatic carbocycles. The fraction of sp³-hybridized carbons (Fsp3) is 0.889. The molecule has 2 fully saturated rings. The molecule has 0 saturated heterocycles. The molecule has 2 saturated carbocycles. The Morgan fingerprint density at radius 2 is 1.78 bits per heavy atom. The third-order valence-electron chi connectivity index (χ3n) is 6.42. The fourth-order valence-corrected chi connectivity index (χ4v) is 5.00. The summed E-state index contributed by atoms with van der Waals surface area (Å²) in [6.45, 7) is 9.79. The molecule has 0 nitrogen and oxygen atoms in total. The quantitative estimate of drug-likeness (QED) is 0.620. The van der Waals surface area contributed by atoms with E-state index in [1.807, 2.05) is 0 Å². The van der Waals surface area contributed by atoms with Crippen molar-refractivity contribution in [3.05, 3.63) is 0 Å². The molecule has 0 aliphatic heterocycles. The van der Waals surface area contributed by atoms with Gasteiger partial charge in [-0.1, -0.05) is 52.4 Å². The normalized spacial score (nSPS) is 47.6. The van der Waals surface area contributed by atoms with Crippen LogP contribution in [0.4, 0.5) is 0 Å². The SMILES string of the molecule is CCCC(C1CC(C)C1C)C1C(C)CC1C1C#C1. The van der Waals surface area contributed by atoms with Gasteiger partial charge in [0.25, 0.3) is 0 Å². The Balaban J connectivity index is 1.68. The highest BCUT2D eigenvalue weighted by atomic mass is 14.6. The van der Waals surface area contributed by atoms with Gasteiger partial charge in [0.2, 0.25) is 0 Å². The molecule has 0 amide bonds. The molecule has 0 heteroatoms. The molecule has 7 atom stereocenters. The first kappa shape index (κ1) is 12.6. The second-order valence-electron chi connectivity index (χ2n) is 7.41. The van der Waals surface area contributed by atoms with Gasteiger partial charge in [-0.25, -0.2) is 0 Å². The van der Waals surface area contributed by atoms with Crippen LogP contribution in [-0.2, 0) is 0 Å². The highest BCUT2D eigenvalue weighted by Crippen LogP contribution is 2.57. The van der Waals surface area contributed by atoms with Crippen molar-refractivity contribution in [1.29, 1.82) is 0 Å². The molecule has 7 unspecified atom stereocenters. The van der Waals surface area contributed by atoms with Crippen molar-refractivity contribution < 1.29 is 0 Å². The second-order valence-corrected chi connectivity index (χ2v) is 7.41. The van der Waals surface area contributed by atoms with Crippen LogP contribution in [0.5, 0.6) is 0 Å². The van der Waals surface area contributed by atoms with Crippen LogP contribution < -0.4 is 0 Å². The van der Waals surface area contributed by atoms with Crippen LogP contribution in [0.2, 0.25) is 0 Å². The third-order valence-corrected chi connectivity index (χ3v) is 6.42. The van der Waals surface area contributed by atoms with Gasteiger partial charge in [0.15, 0.2) is 0 Å². The minimum absolute atomic E-state index is 0.651. The van der Waals surface area contributed by atoms with Gasteiger partial charge < -0.3 is 0 Å². The van der Waals surface area contributed by atoms with Crippen LogP contribution >= 0.6 is 0 Å². The Morgan fingerprint density at radius 1 is 1.06 bits per heavy atom. The van der Waals surface area contributed by atoms with Gasteiger partial charge in [-0.05, 0) is 54.3 Å². The van der Waals surface area contributed by atoms with E-state index < -0.39 is 0 Å². The molecule has 18 heavy (non-hydrogen) atoms. The first-order valence-corrected chi connectivity index (χ1v) is 8.14. The van der Waals surface area contributed by atoms with Gasteiger partial charge in [-0.3, -0.25) is 0 Å². The second kappa shape index (κ2) is 4.59. The zero-order valence-electron chi connectivity index (χ0n) is 12.4. The van der Waals surface area contributed by atoms with Crippen molar-refractivity contribution in [2.75, 3.05) is 0 Å². The van der Waals surface area contributed by atoms with Crippen molar-refractivity contribution in [3.63, 3.8) is 0 Å². The maximum Gasteiger partial charge on any atom is 0.0843 e. The summed E-state index contributed by atoms with van der Waals surface area (Å²) in [5.41, 5.74) is 0. The van der Waals surface area contributed by atoms with Gasteiger partial charge in [-0.2, -0.15) is 0 Å². The minimum atomic E-state index is 0.651. The lowest BCUT2D eigenvalue weighted by atomic mass is 9.49. The smallest absolute Gasteiger partial charge is 0.0843 e. The van der Waals surface area contributed by atoms with Gasteiger partial charge in [0.1, 0.15) is 0 Å². The van der Waals surface area contributed by atoms with Crippen molar-refractivity contribution in [3.8, 4) is 11.8 Å². The number of hydrogen-bond donors (Lipinski definition) is 0. The van der Waals surface area contributed by atoms with E-state index in [2.05, 4.69) is 39.5 Å². The van der Waals surface area contributed by atoms with E-state index in [0.29, 0.717) is 5.92 Å². The summed E-state index contributed by atoms with van der Waals surface area (Å²) < 4.78 is 0. The van der Waals surface area contributed by atoms with Crippen LogP contribution in [0.15, 0.2) is 0 Å². The molecule has 0 N–H and O–H groups in total. The topological polar surface area (TPSA) is 0 Å². The summed E-state index contributed by atoms with van der Waals surface area (Å²) in [6.07, 6.45) is 5.75. The van der Waals surface area contributed by atoms with Crippen molar-refractivity contribution in [1.82, 2.24) is 0 Å². The number of rotatable bonds is 5. The molecular formula is C18H28. The first-order chi connectivity index (χ1) is 8.63. The first-order valence-electron chi connectivity index (χ1n) is 8.14. The molecule has 0 spiro atoms. The van der Waals surface area contributed by atoms with E-state index in [1.165, 1.54) is 25.7 Å². The highest BCUT2D eigenvalue weighted by molar-refractivity contribution is 5.33. The summed E-state index contributed by atoms with van der Waals surface area (Å²) in [5, 5.41) is 0. The molecular weight excluding hydrogens is 216 g/mol. The van der Waals surface area contributed by atoms with E-state index >= 15 is 0 Å². The van der Waals surface area contributed by atoms with Crippen LogP contribution in [0.1, 0.15) is 53.4 Å². The predicted molar refractivity (Wildman–Crippen MR) is 76.9 cm³/mol. The third kappa shape index (κ3) is 1.91. The van der Waals surface area contributed by atoms with E-state index in [9.17, 15) is 0 Å². The van der Waals surface area contributed by atoms with Crippen LogP contribution in [0.25, 0.3) is 0 Å². The summed E-state index contributed by atoms with van der Waals surface area (Å²) in [7, 11) is 0. The lowest BCUT2D eigenvalue weighted by Crippen LogP contribution is -2.49. The molecule has 0 aromatic heterocycles. The maximum atomic E-state index is 3.33. The van der Waals surface area contributed by atoms with E-state index in [-0.39, 0.29) is 0 Å². The van der Waals surface area contributed by atoms with Crippen molar-refractivity contribution >= 4 is 0 Å². The van der Waals surface area contributed by atoms with Crippen LogP contribution in [0, 0.1) is 59.2 Å². The monoisotopic (exact) mass is 244 g/mol. The molecule has 3 rings (SSSR count). The average molecular weight is 244 g/mol. The lowest BCUT2D eigenvalue weighted by Gasteiger charge is -2.55. The van der Waals surface area contributed by atoms with E-state index in [1.54, 1.807) is 0 Å². The molecule has 100 valence electrons. The Kier molecular flexibility index (Phi) is 3.21. The largest absolute Gasteiger partial charge is 0.0852 e. The molecule has 0 aromatic rings. The zero-order chi connectivity index (χ0) is 12.9. The van der Waals surface area contributed by atoms with E-state index in [0.717, 1.165) is 41.4 Å². The van der Waals surface area contributed by atoms with Crippen LogP contribution in [0.3, 0.4) is 0 Å². The fourth-order valence-electron chi connectivity index (χ4n) is 5.00. The molecule has 0 heterocycles. The highest BCUT2D eigenvalue weighted by Gasteiger charge is 2.52. The maximum absolute atomic E-state index is 3.33. The molecule has 0 bridgehead atoms. The zero-order valence-corrected chi connectivity index (χ0v) is 12.4. The summed E-state index contributed by atoms with van der Waals surface area (Å²) in [4.78, 5) is 0. The summed E-state index contributed by atoms with van der Waals surface area (Å²) in [5.74, 6) is 14.1. The van der Waals surface area contributed by atoms with Crippen LogP contribution in [-0.4, -0.2) is 0 Å². The average Bonchev–Trinajstić information content (AvgIpc) is 3.15. The number of hydrogen-bond acceptors (Lipinski definition) is 0. The van der Waals surface area contributed by atoms with Gasteiger partial charge >= 0.3 is 0 Å².